The zero-order valence-electron chi connectivity index (χ0n) is 20.6. The Balaban J connectivity index is 0.000000509. The van der Waals surface area contributed by atoms with E-state index in [0.717, 1.165) is 30.7 Å². The second kappa shape index (κ2) is 13.9. The van der Waals surface area contributed by atoms with Crippen LogP contribution in [0.25, 0.3) is 0 Å². The van der Waals surface area contributed by atoms with Gasteiger partial charge in [0.15, 0.2) is 0 Å². The topological polar surface area (TPSA) is 40.1 Å². The molecule has 3 heteroatoms. The smallest absolute Gasteiger partial charge is 0.105 e. The van der Waals surface area contributed by atoms with Crippen LogP contribution < -0.4 is 5.11 Å². The molecule has 0 atom stereocenters. The molecule has 0 aromatic heterocycles. The highest BCUT2D eigenvalue weighted by atomic mass is 16.4. The number of carboxylic acid groups (broad SMARTS) is 1. The molecule has 180 valence electrons. The van der Waals surface area contributed by atoms with Gasteiger partial charge in [-0.25, -0.2) is 0 Å². The first-order chi connectivity index (χ1) is 17.1. The van der Waals surface area contributed by atoms with Crippen molar-refractivity contribution in [1.29, 1.82) is 0 Å². The third-order valence-corrected chi connectivity index (χ3v) is 5.90. The highest BCUT2D eigenvalue weighted by Crippen LogP contribution is 2.27. The van der Waals surface area contributed by atoms with Crippen LogP contribution in [0.3, 0.4) is 0 Å². The molecule has 0 heterocycles. The van der Waals surface area contributed by atoms with Crippen molar-refractivity contribution >= 4 is 5.97 Å². The van der Waals surface area contributed by atoms with Crippen LogP contribution in [-0.4, -0.2) is 10.5 Å². The van der Waals surface area contributed by atoms with Crippen LogP contribution in [0.5, 0.6) is 0 Å². The first kappa shape index (κ1) is 25.9. The SMILES string of the molecule is CCCC(=O)[O-].c1ccc(C[N+](Cc2ccccc2)(Cc2ccccc2)Cc2ccccc2)cc1. The number of benzene rings is 4. The van der Waals surface area contributed by atoms with Gasteiger partial charge in [-0.05, 0) is 6.42 Å². The lowest BCUT2D eigenvalue weighted by Gasteiger charge is -2.39. The van der Waals surface area contributed by atoms with Crippen LogP contribution in [0, 0.1) is 0 Å². The monoisotopic (exact) mass is 465 g/mol. The van der Waals surface area contributed by atoms with Gasteiger partial charge in [-0.15, -0.1) is 0 Å². The maximum atomic E-state index is 9.49. The average molecular weight is 466 g/mol. The Morgan fingerprint density at radius 1 is 0.543 bits per heavy atom. The van der Waals surface area contributed by atoms with Gasteiger partial charge in [0, 0.05) is 28.2 Å². The van der Waals surface area contributed by atoms with Gasteiger partial charge < -0.3 is 14.4 Å². The predicted molar refractivity (Wildman–Crippen MR) is 141 cm³/mol. The van der Waals surface area contributed by atoms with Gasteiger partial charge in [0.2, 0.25) is 0 Å². The Hall–Kier alpha value is -3.69. The van der Waals surface area contributed by atoms with E-state index in [0.29, 0.717) is 6.42 Å². The van der Waals surface area contributed by atoms with Crippen molar-refractivity contribution in [3.63, 3.8) is 0 Å². The Kier molecular flexibility index (Phi) is 10.3. The quantitative estimate of drug-likeness (QED) is 0.264. The summed E-state index contributed by atoms with van der Waals surface area (Å²) in [5.74, 6) is -0.961. The molecule has 0 unspecified atom stereocenters. The van der Waals surface area contributed by atoms with Crippen LogP contribution in [0.1, 0.15) is 42.0 Å². The number of rotatable bonds is 10. The molecule has 0 aliphatic rings. The van der Waals surface area contributed by atoms with E-state index >= 15 is 0 Å². The lowest BCUT2D eigenvalue weighted by Crippen LogP contribution is -2.45. The second-order valence-corrected chi connectivity index (χ2v) is 9.04. The summed E-state index contributed by atoms with van der Waals surface area (Å²) in [4.78, 5) is 9.49. The molecule has 0 bridgehead atoms. The molecule has 0 aliphatic carbocycles. The zero-order valence-corrected chi connectivity index (χ0v) is 20.6. The van der Waals surface area contributed by atoms with Crippen molar-refractivity contribution in [2.45, 2.75) is 45.9 Å². The van der Waals surface area contributed by atoms with E-state index in [9.17, 15) is 9.90 Å². The lowest BCUT2D eigenvalue weighted by molar-refractivity contribution is -0.978. The number of hydrogen-bond donors (Lipinski definition) is 0. The summed E-state index contributed by atoms with van der Waals surface area (Å²) in [5.41, 5.74) is 5.54. The minimum atomic E-state index is -0.961. The molecular weight excluding hydrogens is 430 g/mol. The molecule has 4 rings (SSSR count). The minimum absolute atomic E-state index is 0.181. The fraction of sp³-hybridized carbons (Fsp3) is 0.219. The molecule has 0 saturated carbocycles. The number of carbonyl (C=O) groups is 1. The number of quaternary nitrogens is 1. The largest absolute Gasteiger partial charge is 0.550 e. The fourth-order valence-electron chi connectivity index (χ4n) is 4.42. The molecule has 0 radical (unpaired) electrons. The third-order valence-electron chi connectivity index (χ3n) is 5.90. The predicted octanol–water partition coefficient (Wildman–Crippen LogP) is 6.14. The summed E-state index contributed by atoms with van der Waals surface area (Å²) in [6.45, 7) is 5.80. The fourth-order valence-corrected chi connectivity index (χ4v) is 4.42. The molecule has 0 saturated heterocycles. The van der Waals surface area contributed by atoms with Crippen molar-refractivity contribution in [2.24, 2.45) is 0 Å². The van der Waals surface area contributed by atoms with Crippen molar-refractivity contribution in [1.82, 2.24) is 0 Å². The van der Waals surface area contributed by atoms with Crippen LogP contribution >= 0.6 is 0 Å². The van der Waals surface area contributed by atoms with E-state index in [1.54, 1.807) is 6.92 Å². The van der Waals surface area contributed by atoms with E-state index in [4.69, 9.17) is 0 Å². The molecule has 0 amide bonds. The third kappa shape index (κ3) is 9.23. The maximum Gasteiger partial charge on any atom is 0.105 e. The van der Waals surface area contributed by atoms with Crippen LogP contribution in [-0.2, 0) is 31.0 Å². The van der Waals surface area contributed by atoms with E-state index in [-0.39, 0.29) is 6.42 Å². The number of nitrogens with zero attached hydrogens (tertiary/aromatic N) is 1. The van der Waals surface area contributed by atoms with Gasteiger partial charge in [-0.3, -0.25) is 0 Å². The molecule has 0 spiro atoms. The molecule has 35 heavy (non-hydrogen) atoms. The number of carbonyl (C=O) groups excluding carboxylic acids is 1. The highest BCUT2D eigenvalue weighted by Gasteiger charge is 2.29. The Bertz CT molecular complexity index is 942. The van der Waals surface area contributed by atoms with Gasteiger partial charge in [-0.1, -0.05) is 135 Å². The van der Waals surface area contributed by atoms with Gasteiger partial charge >= 0.3 is 0 Å². The molecular formula is C32H35NO2. The standard InChI is InChI=1S/C28H28N.C4H8O2/c1-5-13-25(14-6-1)21-29(22-26-15-7-2-8-16-26,23-27-17-9-3-10-18-27)24-28-19-11-4-12-20-28;1-2-3-4(5)6/h1-20H,21-24H2;2-3H2,1H3,(H,5,6)/q+1;/p-1. The summed E-state index contributed by atoms with van der Waals surface area (Å²) in [5, 5.41) is 9.49. The van der Waals surface area contributed by atoms with E-state index in [2.05, 4.69) is 121 Å². The summed E-state index contributed by atoms with van der Waals surface area (Å²) in [6.07, 6.45) is 0.850. The lowest BCUT2D eigenvalue weighted by atomic mass is 10.0. The molecule has 3 nitrogen and oxygen atoms in total. The van der Waals surface area contributed by atoms with Crippen molar-refractivity contribution in [3.8, 4) is 0 Å². The Labute approximate surface area is 209 Å². The molecule has 0 N–H and O–H groups in total. The second-order valence-electron chi connectivity index (χ2n) is 9.04. The Morgan fingerprint density at radius 3 is 0.971 bits per heavy atom. The van der Waals surface area contributed by atoms with E-state index in [1.165, 1.54) is 22.3 Å². The van der Waals surface area contributed by atoms with Crippen molar-refractivity contribution in [3.05, 3.63) is 144 Å². The van der Waals surface area contributed by atoms with E-state index in [1.807, 2.05) is 0 Å². The first-order valence-corrected chi connectivity index (χ1v) is 12.3. The summed E-state index contributed by atoms with van der Waals surface area (Å²) >= 11 is 0. The molecule has 0 fully saturated rings. The van der Waals surface area contributed by atoms with Gasteiger partial charge in [0.1, 0.15) is 26.2 Å². The summed E-state index contributed by atoms with van der Waals surface area (Å²) in [7, 11) is 0. The molecule has 4 aromatic carbocycles. The van der Waals surface area contributed by atoms with E-state index < -0.39 is 5.97 Å². The maximum absolute atomic E-state index is 9.49. The van der Waals surface area contributed by atoms with Gasteiger partial charge in [0.25, 0.3) is 0 Å². The summed E-state index contributed by atoms with van der Waals surface area (Å²) in [6, 6.07) is 43.7. The zero-order chi connectivity index (χ0) is 24.8. The van der Waals surface area contributed by atoms with Crippen LogP contribution in [0.4, 0.5) is 0 Å². The minimum Gasteiger partial charge on any atom is -0.550 e. The first-order valence-electron chi connectivity index (χ1n) is 12.3. The number of aliphatic carboxylic acids is 1. The normalized spacial score (nSPS) is 10.8. The van der Waals surface area contributed by atoms with Crippen molar-refractivity contribution < 1.29 is 14.4 Å². The Morgan fingerprint density at radius 2 is 0.800 bits per heavy atom. The molecule has 0 aliphatic heterocycles. The van der Waals surface area contributed by atoms with Crippen LogP contribution in [0.15, 0.2) is 121 Å². The number of carboxylic acids is 1. The summed E-state index contributed by atoms with van der Waals surface area (Å²) < 4.78 is 0.960. The van der Waals surface area contributed by atoms with Gasteiger partial charge in [0.05, 0.1) is 0 Å². The van der Waals surface area contributed by atoms with Crippen molar-refractivity contribution in [2.75, 3.05) is 0 Å². The average Bonchev–Trinajstić information content (AvgIpc) is 2.87. The van der Waals surface area contributed by atoms with Gasteiger partial charge in [-0.2, -0.15) is 0 Å². The number of hydrogen-bond acceptors (Lipinski definition) is 2. The highest BCUT2D eigenvalue weighted by molar-refractivity contribution is 5.63. The van der Waals surface area contributed by atoms with Crippen LogP contribution in [0.2, 0.25) is 0 Å². The molecule has 4 aromatic rings.